The SMILES string of the molecule is CC(C)CC[C@H](O)[C@@H](C)c1ccc(Cl)nc1Cl. The van der Waals surface area contributed by atoms with Gasteiger partial charge in [0, 0.05) is 5.92 Å². The zero-order valence-corrected chi connectivity index (χ0v) is 12.0. The van der Waals surface area contributed by atoms with Gasteiger partial charge in [0.05, 0.1) is 6.10 Å². The quantitative estimate of drug-likeness (QED) is 0.814. The van der Waals surface area contributed by atoms with Gasteiger partial charge in [-0.15, -0.1) is 0 Å². The Balaban J connectivity index is 2.71. The van der Waals surface area contributed by atoms with E-state index in [-0.39, 0.29) is 5.92 Å². The summed E-state index contributed by atoms with van der Waals surface area (Å²) in [5, 5.41) is 10.9. The molecule has 0 spiro atoms. The molecular formula is C13H19Cl2NO. The summed E-state index contributed by atoms with van der Waals surface area (Å²) in [5.74, 6) is 0.571. The molecule has 0 aliphatic carbocycles. The highest BCUT2D eigenvalue weighted by Crippen LogP contribution is 2.29. The molecule has 0 aliphatic heterocycles. The first-order chi connectivity index (χ1) is 7.91. The van der Waals surface area contributed by atoms with Crippen LogP contribution in [0.25, 0.3) is 0 Å². The number of halogens is 2. The highest BCUT2D eigenvalue weighted by molar-refractivity contribution is 6.32. The Labute approximate surface area is 113 Å². The maximum atomic E-state index is 10.1. The largest absolute Gasteiger partial charge is 0.393 e. The van der Waals surface area contributed by atoms with Gasteiger partial charge in [0.2, 0.25) is 0 Å². The van der Waals surface area contributed by atoms with Crippen LogP contribution in [0, 0.1) is 5.92 Å². The van der Waals surface area contributed by atoms with Gasteiger partial charge in [0.1, 0.15) is 10.3 Å². The summed E-state index contributed by atoms with van der Waals surface area (Å²) in [5.41, 5.74) is 0.854. The molecule has 0 radical (unpaired) electrons. The van der Waals surface area contributed by atoms with E-state index in [0.717, 1.165) is 18.4 Å². The second-order valence-electron chi connectivity index (χ2n) is 4.84. The van der Waals surface area contributed by atoms with Crippen LogP contribution in [0.1, 0.15) is 45.1 Å². The van der Waals surface area contributed by atoms with Crippen LogP contribution in [0.4, 0.5) is 0 Å². The monoisotopic (exact) mass is 275 g/mol. The van der Waals surface area contributed by atoms with Crippen molar-refractivity contribution in [3.05, 3.63) is 28.0 Å². The Bertz CT molecular complexity index is 368. The molecule has 0 saturated carbocycles. The van der Waals surface area contributed by atoms with Crippen LogP contribution in [-0.4, -0.2) is 16.2 Å². The molecular weight excluding hydrogens is 257 g/mol. The van der Waals surface area contributed by atoms with Crippen LogP contribution in [0.5, 0.6) is 0 Å². The molecule has 17 heavy (non-hydrogen) atoms. The van der Waals surface area contributed by atoms with Crippen molar-refractivity contribution < 1.29 is 5.11 Å². The van der Waals surface area contributed by atoms with Gasteiger partial charge in [-0.05, 0) is 30.4 Å². The number of hydrogen-bond acceptors (Lipinski definition) is 2. The molecule has 0 fully saturated rings. The van der Waals surface area contributed by atoms with E-state index in [2.05, 4.69) is 18.8 Å². The summed E-state index contributed by atoms with van der Waals surface area (Å²) in [4.78, 5) is 3.99. The molecule has 0 unspecified atom stereocenters. The molecule has 1 rings (SSSR count). The smallest absolute Gasteiger partial charge is 0.134 e. The fourth-order valence-corrected chi connectivity index (χ4v) is 2.24. The Morgan fingerprint density at radius 3 is 2.35 bits per heavy atom. The molecule has 0 amide bonds. The molecule has 96 valence electrons. The third-order valence-electron chi connectivity index (χ3n) is 2.95. The molecule has 4 heteroatoms. The topological polar surface area (TPSA) is 33.1 Å². The molecule has 0 aromatic carbocycles. The first-order valence-corrected chi connectivity index (χ1v) is 6.67. The lowest BCUT2D eigenvalue weighted by atomic mass is 9.92. The zero-order chi connectivity index (χ0) is 13.0. The minimum Gasteiger partial charge on any atom is -0.393 e. The molecule has 0 bridgehead atoms. The van der Waals surface area contributed by atoms with Crippen LogP contribution in [-0.2, 0) is 0 Å². The molecule has 0 aliphatic rings. The van der Waals surface area contributed by atoms with Crippen molar-refractivity contribution in [2.24, 2.45) is 5.92 Å². The highest BCUT2D eigenvalue weighted by Gasteiger charge is 2.19. The molecule has 2 atom stereocenters. The molecule has 1 heterocycles. The van der Waals surface area contributed by atoms with Crippen molar-refractivity contribution in [2.45, 2.75) is 45.6 Å². The number of aliphatic hydroxyl groups excluding tert-OH is 1. The van der Waals surface area contributed by atoms with Gasteiger partial charge in [0.25, 0.3) is 0 Å². The predicted octanol–water partition coefficient (Wildman–Crippen LogP) is 4.29. The number of hydrogen-bond donors (Lipinski definition) is 1. The van der Waals surface area contributed by atoms with E-state index in [1.807, 2.05) is 13.0 Å². The van der Waals surface area contributed by atoms with Crippen molar-refractivity contribution in [2.75, 3.05) is 0 Å². The number of pyridine rings is 1. The summed E-state index contributed by atoms with van der Waals surface area (Å²) in [6, 6.07) is 3.54. The molecule has 2 nitrogen and oxygen atoms in total. The van der Waals surface area contributed by atoms with Crippen LogP contribution in [0.2, 0.25) is 10.3 Å². The lowest BCUT2D eigenvalue weighted by Gasteiger charge is -2.20. The second-order valence-corrected chi connectivity index (χ2v) is 5.59. The summed E-state index contributed by atoms with van der Waals surface area (Å²) >= 11 is 11.8. The normalized spacial score (nSPS) is 15.0. The fourth-order valence-electron chi connectivity index (χ4n) is 1.72. The van der Waals surface area contributed by atoms with Crippen LogP contribution >= 0.6 is 23.2 Å². The van der Waals surface area contributed by atoms with Crippen LogP contribution in [0.3, 0.4) is 0 Å². The van der Waals surface area contributed by atoms with Gasteiger partial charge in [0.15, 0.2) is 0 Å². The van der Waals surface area contributed by atoms with Gasteiger partial charge in [-0.1, -0.05) is 50.0 Å². The average molecular weight is 276 g/mol. The number of nitrogens with zero attached hydrogens (tertiary/aromatic N) is 1. The standard InChI is InChI=1S/C13H19Cl2NO/c1-8(2)4-6-11(17)9(3)10-5-7-12(14)16-13(10)15/h5,7-9,11,17H,4,6H2,1-3H3/t9-,11-/m0/s1. The van der Waals surface area contributed by atoms with E-state index in [9.17, 15) is 5.11 Å². The summed E-state index contributed by atoms with van der Waals surface area (Å²) in [6.45, 7) is 6.25. The van der Waals surface area contributed by atoms with Gasteiger partial charge in [-0.2, -0.15) is 0 Å². The molecule has 1 aromatic heterocycles. The first-order valence-electron chi connectivity index (χ1n) is 5.91. The van der Waals surface area contributed by atoms with E-state index in [4.69, 9.17) is 23.2 Å². The lowest BCUT2D eigenvalue weighted by Crippen LogP contribution is -2.17. The average Bonchev–Trinajstić information content (AvgIpc) is 2.25. The summed E-state index contributed by atoms with van der Waals surface area (Å²) < 4.78 is 0. The third kappa shape index (κ3) is 4.46. The third-order valence-corrected chi connectivity index (χ3v) is 3.46. The molecule has 1 N–H and O–H groups in total. The van der Waals surface area contributed by atoms with Gasteiger partial charge < -0.3 is 5.11 Å². The fraction of sp³-hybridized carbons (Fsp3) is 0.615. The van der Waals surface area contributed by atoms with Gasteiger partial charge in [-0.25, -0.2) is 4.98 Å². The van der Waals surface area contributed by atoms with Crippen molar-refractivity contribution in [3.63, 3.8) is 0 Å². The Morgan fingerprint density at radius 1 is 1.18 bits per heavy atom. The number of aliphatic hydroxyl groups is 1. The van der Waals surface area contributed by atoms with E-state index in [1.165, 1.54) is 0 Å². The Morgan fingerprint density at radius 2 is 1.82 bits per heavy atom. The summed E-state index contributed by atoms with van der Waals surface area (Å²) in [6.07, 6.45) is 1.39. The summed E-state index contributed by atoms with van der Waals surface area (Å²) in [7, 11) is 0. The van der Waals surface area contributed by atoms with Crippen LogP contribution in [0.15, 0.2) is 12.1 Å². The lowest BCUT2D eigenvalue weighted by molar-refractivity contribution is 0.132. The minimum absolute atomic E-state index is 0.0222. The van der Waals surface area contributed by atoms with Crippen molar-refractivity contribution >= 4 is 23.2 Å². The predicted molar refractivity (Wildman–Crippen MR) is 72.8 cm³/mol. The first kappa shape index (κ1) is 14.7. The van der Waals surface area contributed by atoms with Crippen molar-refractivity contribution in [3.8, 4) is 0 Å². The van der Waals surface area contributed by atoms with Crippen molar-refractivity contribution in [1.82, 2.24) is 4.98 Å². The number of aromatic nitrogens is 1. The Hall–Kier alpha value is -0.310. The maximum Gasteiger partial charge on any atom is 0.134 e. The Kier molecular flexibility index (Phi) is 5.71. The van der Waals surface area contributed by atoms with Gasteiger partial charge in [-0.3, -0.25) is 0 Å². The van der Waals surface area contributed by atoms with Crippen LogP contribution < -0.4 is 0 Å². The van der Waals surface area contributed by atoms with E-state index >= 15 is 0 Å². The minimum atomic E-state index is -0.391. The highest BCUT2D eigenvalue weighted by atomic mass is 35.5. The van der Waals surface area contributed by atoms with E-state index in [1.54, 1.807) is 6.07 Å². The van der Waals surface area contributed by atoms with Crippen molar-refractivity contribution in [1.29, 1.82) is 0 Å². The van der Waals surface area contributed by atoms with Gasteiger partial charge >= 0.3 is 0 Å². The molecule has 1 aromatic rings. The number of rotatable bonds is 5. The zero-order valence-electron chi connectivity index (χ0n) is 10.5. The van der Waals surface area contributed by atoms with E-state index in [0.29, 0.717) is 16.2 Å². The maximum absolute atomic E-state index is 10.1. The van der Waals surface area contributed by atoms with E-state index < -0.39 is 6.10 Å². The molecule has 0 saturated heterocycles. The second kappa shape index (κ2) is 6.58.